The number of nitrogens with zero attached hydrogens (tertiary/aromatic N) is 3. The maximum Gasteiger partial charge on any atom is 0.255 e. The van der Waals surface area contributed by atoms with Crippen LogP contribution in [-0.2, 0) is 4.79 Å². The van der Waals surface area contributed by atoms with Crippen LogP contribution >= 0.6 is 23.2 Å². The molecule has 164 valence electrons. The lowest BCUT2D eigenvalue weighted by atomic mass is 9.95. The van der Waals surface area contributed by atoms with Crippen LogP contribution in [-0.4, -0.2) is 20.7 Å². The molecule has 33 heavy (non-hydrogen) atoms. The minimum Gasteiger partial charge on any atom is -0.328 e. The highest BCUT2D eigenvalue weighted by Gasteiger charge is 2.34. The SMILES string of the molecule is CC1=C(C(=O)Nc2ccccc2)C(c2ccccc2)n2nc(-c3ccc(Cl)c(Cl)c3)nc2N1. The van der Waals surface area contributed by atoms with Gasteiger partial charge in [-0.15, -0.1) is 5.10 Å². The number of nitrogens with one attached hydrogen (secondary N) is 2. The largest absolute Gasteiger partial charge is 0.328 e. The molecule has 1 aliphatic heterocycles. The number of allylic oxidation sites excluding steroid dienone is 1. The molecular formula is C25H19Cl2N5O. The van der Waals surface area contributed by atoms with Crippen LogP contribution in [0.4, 0.5) is 11.6 Å². The van der Waals surface area contributed by atoms with Crippen LogP contribution in [0.25, 0.3) is 11.4 Å². The molecule has 1 unspecified atom stereocenters. The highest BCUT2D eigenvalue weighted by molar-refractivity contribution is 6.42. The number of carbonyl (C=O) groups excluding carboxylic acids is 1. The van der Waals surface area contributed by atoms with Gasteiger partial charge in [0.1, 0.15) is 6.04 Å². The number of anilines is 2. The van der Waals surface area contributed by atoms with Gasteiger partial charge in [0.05, 0.1) is 15.6 Å². The van der Waals surface area contributed by atoms with Gasteiger partial charge in [0.25, 0.3) is 5.91 Å². The van der Waals surface area contributed by atoms with E-state index in [2.05, 4.69) is 15.6 Å². The van der Waals surface area contributed by atoms with Crippen molar-refractivity contribution in [2.75, 3.05) is 10.6 Å². The van der Waals surface area contributed by atoms with Crippen molar-refractivity contribution >= 4 is 40.7 Å². The Morgan fingerprint density at radius 2 is 1.67 bits per heavy atom. The molecule has 1 aliphatic rings. The van der Waals surface area contributed by atoms with Gasteiger partial charge in [-0.05, 0) is 42.8 Å². The maximum absolute atomic E-state index is 13.4. The highest BCUT2D eigenvalue weighted by Crippen LogP contribution is 2.37. The van der Waals surface area contributed by atoms with Crippen molar-refractivity contribution in [3.63, 3.8) is 0 Å². The standard InChI is InChI=1S/C25H19Cl2N5O/c1-15-21(24(33)29-18-10-6-3-7-11-18)22(16-8-4-2-5-9-16)32-25(28-15)30-23(31-32)17-12-13-19(26)20(27)14-17/h2-14,22H,1H3,(H,29,33)(H,28,30,31). The van der Waals surface area contributed by atoms with E-state index < -0.39 is 6.04 Å². The first-order valence-corrected chi connectivity index (χ1v) is 11.1. The lowest BCUT2D eigenvalue weighted by Crippen LogP contribution is -2.31. The Kier molecular flexibility index (Phi) is 5.62. The minimum atomic E-state index is -0.463. The van der Waals surface area contributed by atoms with Crippen molar-refractivity contribution < 1.29 is 4.79 Å². The summed E-state index contributed by atoms with van der Waals surface area (Å²) in [5, 5.41) is 11.9. The lowest BCUT2D eigenvalue weighted by Gasteiger charge is -2.28. The number of halogens is 2. The zero-order valence-electron chi connectivity index (χ0n) is 17.6. The second kappa shape index (κ2) is 8.73. The molecule has 0 aliphatic carbocycles. The van der Waals surface area contributed by atoms with Crippen molar-refractivity contribution in [2.45, 2.75) is 13.0 Å². The molecule has 6 nitrogen and oxygen atoms in total. The molecule has 0 saturated carbocycles. The summed E-state index contributed by atoms with van der Waals surface area (Å²) < 4.78 is 1.74. The summed E-state index contributed by atoms with van der Waals surface area (Å²) >= 11 is 12.3. The van der Waals surface area contributed by atoms with E-state index in [1.807, 2.05) is 73.7 Å². The molecule has 4 aromatic rings. The molecular weight excluding hydrogens is 457 g/mol. The van der Waals surface area contributed by atoms with E-state index in [1.165, 1.54) is 0 Å². The zero-order chi connectivity index (χ0) is 22.9. The smallest absolute Gasteiger partial charge is 0.255 e. The predicted octanol–water partition coefficient (Wildman–Crippen LogP) is 6.18. The average Bonchev–Trinajstić information content (AvgIpc) is 3.24. The van der Waals surface area contributed by atoms with Crippen molar-refractivity contribution in [1.29, 1.82) is 0 Å². The number of benzene rings is 3. The highest BCUT2D eigenvalue weighted by atomic mass is 35.5. The molecule has 2 N–H and O–H groups in total. The second-order valence-electron chi connectivity index (χ2n) is 7.63. The van der Waals surface area contributed by atoms with E-state index in [9.17, 15) is 4.79 Å². The molecule has 5 rings (SSSR count). The van der Waals surface area contributed by atoms with Gasteiger partial charge in [0, 0.05) is 16.9 Å². The first-order valence-electron chi connectivity index (χ1n) is 10.3. The van der Waals surface area contributed by atoms with E-state index in [1.54, 1.807) is 16.8 Å². The van der Waals surface area contributed by atoms with Gasteiger partial charge >= 0.3 is 0 Å². The monoisotopic (exact) mass is 475 g/mol. The molecule has 2 heterocycles. The van der Waals surface area contributed by atoms with Gasteiger partial charge in [0.15, 0.2) is 5.82 Å². The third kappa shape index (κ3) is 4.11. The summed E-state index contributed by atoms with van der Waals surface area (Å²) in [6.45, 7) is 1.87. The molecule has 0 radical (unpaired) electrons. The van der Waals surface area contributed by atoms with Crippen LogP contribution in [0.2, 0.25) is 10.0 Å². The molecule has 0 spiro atoms. The number of aromatic nitrogens is 3. The number of hydrogen-bond acceptors (Lipinski definition) is 4. The molecule has 1 aromatic heterocycles. The van der Waals surface area contributed by atoms with Crippen molar-refractivity contribution in [1.82, 2.24) is 14.8 Å². The second-order valence-corrected chi connectivity index (χ2v) is 8.44. The molecule has 1 atom stereocenters. The van der Waals surface area contributed by atoms with Gasteiger partial charge in [-0.25, -0.2) is 4.68 Å². The summed E-state index contributed by atoms with van der Waals surface area (Å²) in [6.07, 6.45) is 0. The first kappa shape index (κ1) is 21.2. The Hall–Kier alpha value is -3.61. The average molecular weight is 476 g/mol. The molecule has 0 saturated heterocycles. The first-order chi connectivity index (χ1) is 16.0. The van der Waals surface area contributed by atoms with E-state index >= 15 is 0 Å². The topological polar surface area (TPSA) is 71.8 Å². The van der Waals surface area contributed by atoms with E-state index in [-0.39, 0.29) is 5.91 Å². The van der Waals surface area contributed by atoms with Crippen LogP contribution in [0, 0.1) is 0 Å². The summed E-state index contributed by atoms with van der Waals surface area (Å²) in [4.78, 5) is 18.1. The lowest BCUT2D eigenvalue weighted by molar-refractivity contribution is -0.113. The summed E-state index contributed by atoms with van der Waals surface area (Å²) in [6, 6.07) is 23.9. The third-order valence-corrected chi connectivity index (χ3v) is 6.16. The molecule has 3 aromatic carbocycles. The predicted molar refractivity (Wildman–Crippen MR) is 131 cm³/mol. The van der Waals surface area contributed by atoms with Gasteiger partial charge < -0.3 is 10.6 Å². The van der Waals surface area contributed by atoms with Crippen LogP contribution in [0.15, 0.2) is 90.1 Å². The number of hydrogen-bond donors (Lipinski definition) is 2. The number of rotatable bonds is 4. The molecule has 0 fully saturated rings. The van der Waals surface area contributed by atoms with Crippen LogP contribution in [0.1, 0.15) is 18.5 Å². The fourth-order valence-corrected chi connectivity index (χ4v) is 4.16. The van der Waals surface area contributed by atoms with Gasteiger partial charge in [-0.2, -0.15) is 4.98 Å². The Labute approximate surface area is 200 Å². The molecule has 0 bridgehead atoms. The zero-order valence-corrected chi connectivity index (χ0v) is 19.1. The van der Waals surface area contributed by atoms with Gasteiger partial charge in [0.2, 0.25) is 5.95 Å². The number of fused-ring (bicyclic) bond motifs is 1. The van der Waals surface area contributed by atoms with Crippen molar-refractivity contribution in [2.24, 2.45) is 0 Å². The minimum absolute atomic E-state index is 0.211. The third-order valence-electron chi connectivity index (χ3n) is 5.42. The van der Waals surface area contributed by atoms with Crippen LogP contribution < -0.4 is 10.6 Å². The summed E-state index contributed by atoms with van der Waals surface area (Å²) in [5.74, 6) is 0.811. The number of para-hydroxylation sites is 1. The fraction of sp³-hybridized carbons (Fsp3) is 0.0800. The van der Waals surface area contributed by atoms with E-state index in [0.717, 1.165) is 16.8 Å². The quantitative estimate of drug-likeness (QED) is 0.369. The van der Waals surface area contributed by atoms with Crippen molar-refractivity contribution in [3.8, 4) is 11.4 Å². The Morgan fingerprint density at radius 3 is 2.36 bits per heavy atom. The fourth-order valence-electron chi connectivity index (χ4n) is 3.87. The number of carbonyl (C=O) groups is 1. The summed E-state index contributed by atoms with van der Waals surface area (Å²) in [7, 11) is 0. The van der Waals surface area contributed by atoms with Crippen molar-refractivity contribution in [3.05, 3.63) is 106 Å². The number of amides is 1. The van der Waals surface area contributed by atoms with Crippen LogP contribution in [0.3, 0.4) is 0 Å². The molecule has 8 heteroatoms. The normalized spacial score (nSPS) is 15.1. The van der Waals surface area contributed by atoms with Gasteiger partial charge in [-0.3, -0.25) is 4.79 Å². The van der Waals surface area contributed by atoms with E-state index in [0.29, 0.717) is 33.1 Å². The maximum atomic E-state index is 13.4. The molecule has 1 amide bonds. The Balaban J connectivity index is 1.59. The Bertz CT molecular complexity index is 1370. The summed E-state index contributed by atoms with van der Waals surface area (Å²) in [5.41, 5.74) is 3.63. The van der Waals surface area contributed by atoms with E-state index in [4.69, 9.17) is 28.3 Å². The van der Waals surface area contributed by atoms with Crippen LogP contribution in [0.5, 0.6) is 0 Å². The van der Waals surface area contributed by atoms with Gasteiger partial charge in [-0.1, -0.05) is 71.7 Å². The Morgan fingerprint density at radius 1 is 0.970 bits per heavy atom.